The molecule has 2 unspecified atom stereocenters. The average molecular weight is 315 g/mol. The van der Waals surface area contributed by atoms with Gasteiger partial charge < -0.3 is 10.8 Å². The monoisotopic (exact) mass is 315 g/mol. The van der Waals surface area contributed by atoms with Crippen LogP contribution in [0.2, 0.25) is 0 Å². The molecule has 0 amide bonds. The first-order valence-electron chi connectivity index (χ1n) is 6.56. The lowest BCUT2D eigenvalue weighted by molar-refractivity contribution is -0.386. The van der Waals surface area contributed by atoms with E-state index in [4.69, 9.17) is 5.73 Å². The molecule has 8 nitrogen and oxygen atoms in total. The van der Waals surface area contributed by atoms with Crippen LogP contribution in [0.3, 0.4) is 0 Å². The van der Waals surface area contributed by atoms with Gasteiger partial charge in [-0.05, 0) is 25.0 Å². The summed E-state index contributed by atoms with van der Waals surface area (Å²) < 4.78 is 27.0. The lowest BCUT2D eigenvalue weighted by atomic mass is 9.93. The molecule has 0 spiro atoms. The van der Waals surface area contributed by atoms with Crippen LogP contribution in [0, 0.1) is 10.1 Å². The average Bonchev–Trinajstić information content (AvgIpc) is 2.40. The van der Waals surface area contributed by atoms with Crippen LogP contribution in [0.1, 0.15) is 25.7 Å². The number of nitro groups is 1. The van der Waals surface area contributed by atoms with Crippen molar-refractivity contribution in [1.82, 2.24) is 4.72 Å². The van der Waals surface area contributed by atoms with E-state index >= 15 is 0 Å². The Hall–Kier alpha value is -1.71. The number of aliphatic hydroxyl groups is 1. The third-order valence-corrected chi connectivity index (χ3v) is 5.06. The first-order chi connectivity index (χ1) is 9.83. The van der Waals surface area contributed by atoms with Gasteiger partial charge in [0.15, 0.2) is 4.90 Å². The lowest BCUT2D eigenvalue weighted by Gasteiger charge is -2.28. The standard InChI is InChI=1S/C12H17N3O5S/c13-8-4-3-7-11(12(8)15(17)18)21(19,20)14-9-5-1-2-6-10(9)16/h3-4,7,9-10,14,16H,1-2,5-6,13H2. The third kappa shape index (κ3) is 3.31. The molecule has 1 aliphatic rings. The number of rotatable bonds is 4. The summed E-state index contributed by atoms with van der Waals surface area (Å²) in [6, 6.07) is 3.11. The van der Waals surface area contributed by atoms with Gasteiger partial charge in [0.25, 0.3) is 0 Å². The van der Waals surface area contributed by atoms with Crippen molar-refractivity contribution in [3.05, 3.63) is 28.3 Å². The molecule has 1 aromatic rings. The van der Waals surface area contributed by atoms with Crippen molar-refractivity contribution in [2.24, 2.45) is 0 Å². The molecule has 9 heteroatoms. The lowest BCUT2D eigenvalue weighted by Crippen LogP contribution is -2.45. The number of nitrogens with one attached hydrogen (secondary N) is 1. The zero-order valence-corrected chi connectivity index (χ0v) is 12.0. The fourth-order valence-electron chi connectivity index (χ4n) is 2.46. The summed E-state index contributed by atoms with van der Waals surface area (Å²) >= 11 is 0. The maximum Gasteiger partial charge on any atom is 0.312 e. The molecule has 116 valence electrons. The van der Waals surface area contributed by atoms with Crippen LogP contribution in [-0.4, -0.2) is 30.6 Å². The van der Waals surface area contributed by atoms with Crippen molar-refractivity contribution >= 4 is 21.4 Å². The van der Waals surface area contributed by atoms with Crippen molar-refractivity contribution in [1.29, 1.82) is 0 Å². The quantitative estimate of drug-likeness (QED) is 0.426. The Morgan fingerprint density at radius 1 is 1.33 bits per heavy atom. The van der Waals surface area contributed by atoms with Gasteiger partial charge in [0.2, 0.25) is 10.0 Å². The summed E-state index contributed by atoms with van der Waals surface area (Å²) in [5.41, 5.74) is 4.64. The minimum atomic E-state index is -4.12. The normalized spacial score (nSPS) is 22.9. The predicted octanol–water partition coefficient (Wildman–Crippen LogP) is 0.759. The van der Waals surface area contributed by atoms with E-state index in [0.717, 1.165) is 18.9 Å². The Morgan fingerprint density at radius 2 is 2.00 bits per heavy atom. The van der Waals surface area contributed by atoms with Crippen LogP contribution in [-0.2, 0) is 10.0 Å². The number of nitro benzene ring substituents is 1. The molecular weight excluding hydrogens is 298 g/mol. The maximum absolute atomic E-state index is 12.3. The molecular formula is C12H17N3O5S. The number of nitrogen functional groups attached to an aromatic ring is 1. The first kappa shape index (κ1) is 15.7. The van der Waals surface area contributed by atoms with Gasteiger partial charge >= 0.3 is 5.69 Å². The second-order valence-electron chi connectivity index (χ2n) is 5.03. The molecule has 21 heavy (non-hydrogen) atoms. The number of nitrogens with zero attached hydrogens (tertiary/aromatic N) is 1. The van der Waals surface area contributed by atoms with Crippen molar-refractivity contribution in [3.8, 4) is 0 Å². The molecule has 0 aromatic heterocycles. The topological polar surface area (TPSA) is 136 Å². The SMILES string of the molecule is Nc1cccc(S(=O)(=O)NC2CCCCC2O)c1[N+](=O)[O-]. The molecule has 2 rings (SSSR count). The second kappa shape index (κ2) is 5.96. The van der Waals surface area contributed by atoms with Crippen molar-refractivity contribution in [2.75, 3.05) is 5.73 Å². The molecule has 0 saturated heterocycles. The number of sulfonamides is 1. The molecule has 2 atom stereocenters. The minimum absolute atomic E-state index is 0.216. The van der Waals surface area contributed by atoms with E-state index in [0.29, 0.717) is 12.8 Å². The van der Waals surface area contributed by atoms with Crippen LogP contribution in [0.15, 0.2) is 23.1 Å². The molecule has 1 fully saturated rings. The fraction of sp³-hybridized carbons (Fsp3) is 0.500. The number of para-hydroxylation sites is 1. The largest absolute Gasteiger partial charge is 0.393 e. The minimum Gasteiger partial charge on any atom is -0.393 e. The van der Waals surface area contributed by atoms with Gasteiger partial charge in [0.1, 0.15) is 5.69 Å². The van der Waals surface area contributed by atoms with E-state index in [-0.39, 0.29) is 5.69 Å². The number of hydrogen-bond donors (Lipinski definition) is 3. The smallest absolute Gasteiger partial charge is 0.312 e. The second-order valence-corrected chi connectivity index (χ2v) is 6.71. The molecule has 1 saturated carbocycles. The van der Waals surface area contributed by atoms with E-state index in [1.807, 2.05) is 0 Å². The van der Waals surface area contributed by atoms with Gasteiger partial charge in [-0.15, -0.1) is 0 Å². The zero-order chi connectivity index (χ0) is 15.6. The summed E-state index contributed by atoms with van der Waals surface area (Å²) in [4.78, 5) is 9.73. The molecule has 0 heterocycles. The van der Waals surface area contributed by atoms with Crippen molar-refractivity contribution in [3.63, 3.8) is 0 Å². The summed E-state index contributed by atoms with van der Waals surface area (Å²) in [7, 11) is -4.12. The highest BCUT2D eigenvalue weighted by Crippen LogP contribution is 2.30. The molecule has 1 aromatic carbocycles. The Balaban J connectivity index is 2.36. The zero-order valence-electron chi connectivity index (χ0n) is 11.2. The van der Waals surface area contributed by atoms with Gasteiger partial charge in [-0.1, -0.05) is 18.9 Å². The van der Waals surface area contributed by atoms with Gasteiger partial charge in [-0.25, -0.2) is 13.1 Å². The Morgan fingerprint density at radius 3 is 2.62 bits per heavy atom. The van der Waals surface area contributed by atoms with Gasteiger partial charge in [0, 0.05) is 6.04 Å². The first-order valence-corrected chi connectivity index (χ1v) is 8.04. The summed E-state index contributed by atoms with van der Waals surface area (Å²) in [5, 5.41) is 20.9. The maximum atomic E-state index is 12.3. The number of anilines is 1. The highest BCUT2D eigenvalue weighted by molar-refractivity contribution is 7.89. The van der Waals surface area contributed by atoms with E-state index in [2.05, 4.69) is 4.72 Å². The number of benzene rings is 1. The highest BCUT2D eigenvalue weighted by atomic mass is 32.2. The van der Waals surface area contributed by atoms with Gasteiger partial charge in [-0.3, -0.25) is 10.1 Å². The summed E-state index contributed by atoms with van der Waals surface area (Å²) in [6.45, 7) is 0. The number of aliphatic hydroxyl groups excluding tert-OH is 1. The van der Waals surface area contributed by atoms with Crippen LogP contribution < -0.4 is 10.5 Å². The molecule has 0 radical (unpaired) electrons. The number of hydrogen-bond acceptors (Lipinski definition) is 6. The van der Waals surface area contributed by atoms with E-state index < -0.39 is 37.7 Å². The molecule has 1 aliphatic carbocycles. The van der Waals surface area contributed by atoms with Crippen LogP contribution >= 0.6 is 0 Å². The van der Waals surface area contributed by atoms with E-state index in [1.54, 1.807) is 0 Å². The van der Waals surface area contributed by atoms with Gasteiger partial charge in [-0.2, -0.15) is 0 Å². The Labute approximate surface area is 122 Å². The third-order valence-electron chi connectivity index (χ3n) is 3.54. The Kier molecular flexibility index (Phi) is 4.45. The van der Waals surface area contributed by atoms with Crippen molar-refractivity contribution in [2.45, 2.75) is 42.7 Å². The molecule has 4 N–H and O–H groups in total. The predicted molar refractivity (Wildman–Crippen MR) is 76.1 cm³/mol. The Bertz CT molecular complexity index is 646. The van der Waals surface area contributed by atoms with Crippen LogP contribution in [0.5, 0.6) is 0 Å². The fourth-order valence-corrected chi connectivity index (χ4v) is 3.97. The van der Waals surface area contributed by atoms with E-state index in [1.165, 1.54) is 12.1 Å². The van der Waals surface area contributed by atoms with Crippen molar-refractivity contribution < 1.29 is 18.4 Å². The summed E-state index contributed by atoms with van der Waals surface area (Å²) in [5.74, 6) is 0. The van der Waals surface area contributed by atoms with Gasteiger partial charge in [0.05, 0.1) is 11.0 Å². The molecule has 0 bridgehead atoms. The summed E-state index contributed by atoms with van der Waals surface area (Å²) in [6.07, 6.45) is 1.85. The van der Waals surface area contributed by atoms with E-state index in [9.17, 15) is 23.6 Å². The highest BCUT2D eigenvalue weighted by Gasteiger charge is 2.33. The van der Waals surface area contributed by atoms with Crippen LogP contribution in [0.25, 0.3) is 0 Å². The molecule has 0 aliphatic heterocycles. The van der Waals surface area contributed by atoms with Crippen LogP contribution in [0.4, 0.5) is 11.4 Å². The number of nitrogens with two attached hydrogens (primary N) is 1.